The molecule has 1 aliphatic carbocycles. The predicted octanol–water partition coefficient (Wildman–Crippen LogP) is 2.84. The van der Waals surface area contributed by atoms with E-state index in [1.165, 1.54) is 13.1 Å². The van der Waals surface area contributed by atoms with E-state index in [4.69, 9.17) is 0 Å². The first-order valence-electron chi connectivity index (χ1n) is 10.8. The zero-order chi connectivity index (χ0) is 24.4. The van der Waals surface area contributed by atoms with Gasteiger partial charge in [-0.15, -0.1) is 0 Å². The van der Waals surface area contributed by atoms with Crippen molar-refractivity contribution in [3.63, 3.8) is 0 Å². The summed E-state index contributed by atoms with van der Waals surface area (Å²) in [6, 6.07) is -1.22. The number of carbonyl (C=O) groups excluding carboxylic acids is 1. The molecule has 2 rings (SSSR count). The summed E-state index contributed by atoms with van der Waals surface area (Å²) in [5.41, 5.74) is 0.0942. The highest BCUT2D eigenvalue weighted by molar-refractivity contribution is 5.98. The van der Waals surface area contributed by atoms with Crippen molar-refractivity contribution in [1.29, 1.82) is 0 Å². The Hall–Kier alpha value is -2.25. The van der Waals surface area contributed by atoms with Crippen molar-refractivity contribution in [2.45, 2.75) is 70.9 Å². The molecule has 1 saturated carbocycles. The van der Waals surface area contributed by atoms with Gasteiger partial charge in [0.2, 0.25) is 5.95 Å². The molecular formula is C20H31F4N5O4. The minimum atomic E-state index is -2.94. The maximum absolute atomic E-state index is 12.7. The number of nitrogens with zero attached hydrogens (tertiary/aromatic N) is 2. The van der Waals surface area contributed by atoms with Gasteiger partial charge in [0.25, 0.3) is 5.91 Å². The Kier molecular flexibility index (Phi) is 11.0. The lowest BCUT2D eigenvalue weighted by Gasteiger charge is -2.26. The lowest BCUT2D eigenvalue weighted by atomic mass is 9.87. The number of aliphatic hydroxyl groups excluding tert-OH is 1. The maximum atomic E-state index is 12.7. The van der Waals surface area contributed by atoms with Gasteiger partial charge in [0.15, 0.2) is 0 Å². The maximum Gasteiger partial charge on any atom is 0.345 e. The number of aromatic nitrogens is 2. The minimum absolute atomic E-state index is 0.0942. The van der Waals surface area contributed by atoms with Gasteiger partial charge in [-0.3, -0.25) is 4.79 Å². The van der Waals surface area contributed by atoms with Gasteiger partial charge in [0.05, 0.1) is 19.3 Å². The van der Waals surface area contributed by atoms with Crippen LogP contribution in [0.5, 0.6) is 0 Å². The second kappa shape index (κ2) is 13.5. The first-order chi connectivity index (χ1) is 15.6. The molecule has 1 aromatic heterocycles. The minimum Gasteiger partial charge on any atom is -0.393 e. The molecule has 0 aromatic carbocycles. The Labute approximate surface area is 189 Å². The normalized spacial score (nSPS) is 20.5. The number of rotatable bonds is 13. The fraction of sp³-hybridized carbons (Fsp3) is 0.750. The molecule has 1 heterocycles. The van der Waals surface area contributed by atoms with Crippen LogP contribution in [0.3, 0.4) is 0 Å². The van der Waals surface area contributed by atoms with E-state index in [9.17, 15) is 27.5 Å². The van der Waals surface area contributed by atoms with Crippen LogP contribution >= 0.6 is 0 Å². The monoisotopic (exact) mass is 481 g/mol. The van der Waals surface area contributed by atoms with Crippen molar-refractivity contribution in [1.82, 2.24) is 15.3 Å². The third kappa shape index (κ3) is 10.0. The van der Waals surface area contributed by atoms with E-state index in [1.54, 1.807) is 6.92 Å². The van der Waals surface area contributed by atoms with Gasteiger partial charge in [-0.05, 0) is 45.4 Å². The van der Waals surface area contributed by atoms with E-state index in [0.29, 0.717) is 19.4 Å². The molecule has 0 aliphatic heterocycles. The largest absolute Gasteiger partial charge is 0.393 e. The summed E-state index contributed by atoms with van der Waals surface area (Å²) in [7, 11) is 0. The molecule has 2 atom stereocenters. The zero-order valence-corrected chi connectivity index (χ0v) is 18.6. The second-order valence-corrected chi connectivity index (χ2v) is 8.12. The topological polar surface area (TPSA) is 118 Å². The number of amides is 1. The summed E-state index contributed by atoms with van der Waals surface area (Å²) in [6.45, 7) is -2.88. The SMILES string of the molecule is C[C@@H](COC(F)F)NC(=O)c1cnc(N[C@@H](C)COC(F)F)nc1NCC1CCC(O)CC1. The summed E-state index contributed by atoms with van der Waals surface area (Å²) < 4.78 is 57.4. The summed E-state index contributed by atoms with van der Waals surface area (Å²) in [5.74, 6) is 0.00243. The number of nitrogens with one attached hydrogen (secondary N) is 3. The van der Waals surface area contributed by atoms with Gasteiger partial charge >= 0.3 is 13.2 Å². The molecule has 0 bridgehead atoms. The average Bonchev–Trinajstić information content (AvgIpc) is 2.76. The Morgan fingerprint density at radius 1 is 1.09 bits per heavy atom. The van der Waals surface area contributed by atoms with Crippen LogP contribution in [-0.4, -0.2) is 72.2 Å². The Balaban J connectivity index is 2.08. The highest BCUT2D eigenvalue weighted by Gasteiger charge is 2.22. The van der Waals surface area contributed by atoms with E-state index in [1.807, 2.05) is 0 Å². The van der Waals surface area contributed by atoms with Gasteiger partial charge in [0.1, 0.15) is 11.4 Å². The molecule has 1 amide bonds. The number of hydrogen-bond acceptors (Lipinski definition) is 8. The molecule has 0 spiro atoms. The van der Waals surface area contributed by atoms with Gasteiger partial charge in [-0.25, -0.2) is 4.98 Å². The predicted molar refractivity (Wildman–Crippen MR) is 112 cm³/mol. The van der Waals surface area contributed by atoms with Crippen LogP contribution in [0.1, 0.15) is 49.9 Å². The van der Waals surface area contributed by atoms with E-state index >= 15 is 0 Å². The second-order valence-electron chi connectivity index (χ2n) is 8.12. The highest BCUT2D eigenvalue weighted by atomic mass is 19.3. The molecule has 0 radical (unpaired) electrons. The molecular weight excluding hydrogens is 450 g/mol. The molecule has 9 nitrogen and oxygen atoms in total. The number of alkyl halides is 4. The summed E-state index contributed by atoms with van der Waals surface area (Å²) in [5, 5.41) is 18.2. The summed E-state index contributed by atoms with van der Waals surface area (Å²) in [6.07, 6.45) is 3.98. The zero-order valence-electron chi connectivity index (χ0n) is 18.6. The molecule has 1 fully saturated rings. The quantitative estimate of drug-likeness (QED) is 0.318. The summed E-state index contributed by atoms with van der Waals surface area (Å²) >= 11 is 0. The number of halogens is 4. The van der Waals surface area contributed by atoms with Crippen LogP contribution in [0, 0.1) is 5.92 Å². The molecule has 0 saturated heterocycles. The van der Waals surface area contributed by atoms with E-state index in [-0.39, 0.29) is 42.6 Å². The molecule has 1 aliphatic rings. The highest BCUT2D eigenvalue weighted by Crippen LogP contribution is 2.25. The Morgan fingerprint density at radius 3 is 2.30 bits per heavy atom. The van der Waals surface area contributed by atoms with Crippen LogP contribution in [-0.2, 0) is 9.47 Å². The Bertz CT molecular complexity index is 738. The standard InChI is InChI=1S/C20H31F4N5O4/c1-11(9-32-18(21)22)27-17(31)15-8-26-20(28-12(2)10-33-19(23)24)29-16(15)25-7-13-3-5-14(30)6-4-13/h8,11-14,18-19,30H,3-7,9-10H2,1-2H3,(H,27,31)(H2,25,26,28,29)/t11-,12-,13?,14?/m0/s1. The smallest absolute Gasteiger partial charge is 0.345 e. The third-order valence-electron chi connectivity index (χ3n) is 5.11. The van der Waals surface area contributed by atoms with Crippen molar-refractivity contribution in [3.05, 3.63) is 11.8 Å². The van der Waals surface area contributed by atoms with E-state index in [2.05, 4.69) is 35.4 Å². The lowest BCUT2D eigenvalue weighted by Crippen LogP contribution is -2.37. The van der Waals surface area contributed by atoms with E-state index in [0.717, 1.165) is 12.8 Å². The number of hydrogen-bond donors (Lipinski definition) is 4. The van der Waals surface area contributed by atoms with Crippen LogP contribution in [0.25, 0.3) is 0 Å². The van der Waals surface area contributed by atoms with Crippen molar-refractivity contribution in [2.75, 3.05) is 30.4 Å². The first kappa shape index (κ1) is 27.0. The number of carbonyl (C=O) groups is 1. The van der Waals surface area contributed by atoms with Crippen molar-refractivity contribution in [3.8, 4) is 0 Å². The van der Waals surface area contributed by atoms with Gasteiger partial charge in [-0.2, -0.15) is 22.5 Å². The van der Waals surface area contributed by atoms with Crippen LogP contribution in [0.2, 0.25) is 0 Å². The molecule has 188 valence electrons. The van der Waals surface area contributed by atoms with E-state index < -0.39 is 31.2 Å². The number of anilines is 2. The van der Waals surface area contributed by atoms with Gasteiger partial charge < -0.3 is 30.5 Å². The average molecular weight is 481 g/mol. The van der Waals surface area contributed by atoms with Crippen LogP contribution in [0.4, 0.5) is 29.3 Å². The number of aliphatic hydroxyl groups is 1. The van der Waals surface area contributed by atoms with Gasteiger partial charge in [0, 0.05) is 24.8 Å². The Morgan fingerprint density at radius 2 is 1.70 bits per heavy atom. The van der Waals surface area contributed by atoms with Crippen LogP contribution < -0.4 is 16.0 Å². The van der Waals surface area contributed by atoms with Gasteiger partial charge in [-0.1, -0.05) is 0 Å². The lowest BCUT2D eigenvalue weighted by molar-refractivity contribution is -0.132. The van der Waals surface area contributed by atoms with Crippen LogP contribution in [0.15, 0.2) is 6.20 Å². The van der Waals surface area contributed by atoms with Crippen molar-refractivity contribution >= 4 is 17.7 Å². The van der Waals surface area contributed by atoms with Crippen molar-refractivity contribution < 1.29 is 36.9 Å². The molecule has 13 heteroatoms. The molecule has 33 heavy (non-hydrogen) atoms. The molecule has 0 unspecified atom stereocenters. The van der Waals surface area contributed by atoms with Crippen molar-refractivity contribution in [2.24, 2.45) is 5.92 Å². The third-order valence-corrected chi connectivity index (χ3v) is 5.11. The number of ether oxygens (including phenoxy) is 2. The first-order valence-corrected chi connectivity index (χ1v) is 10.8. The fourth-order valence-electron chi connectivity index (χ4n) is 3.38. The fourth-order valence-corrected chi connectivity index (χ4v) is 3.38. The summed E-state index contributed by atoms with van der Waals surface area (Å²) in [4.78, 5) is 21.1. The molecule has 1 aromatic rings. The molecule has 4 N–H and O–H groups in total.